The van der Waals surface area contributed by atoms with Crippen LogP contribution in [0.5, 0.6) is 0 Å². The molecule has 2 aromatic carbocycles. The van der Waals surface area contributed by atoms with Crippen molar-refractivity contribution in [3.05, 3.63) is 66.5 Å². The van der Waals surface area contributed by atoms with Crippen LogP contribution in [0.3, 0.4) is 0 Å². The predicted molar refractivity (Wildman–Crippen MR) is 133 cm³/mol. The van der Waals surface area contributed by atoms with E-state index in [1.165, 1.54) is 5.56 Å². The normalized spacial score (nSPS) is 14.8. The third-order valence-corrected chi connectivity index (χ3v) is 6.47. The minimum atomic E-state index is 0.968. The molecule has 166 valence electrons. The fraction of sp³-hybridized carbons (Fsp3) is 0.269. The van der Waals surface area contributed by atoms with Gasteiger partial charge in [0.1, 0.15) is 11.5 Å². The van der Waals surface area contributed by atoms with Crippen LogP contribution in [0.2, 0.25) is 0 Å². The average molecular weight is 438 g/mol. The highest BCUT2D eigenvalue weighted by Gasteiger charge is 2.18. The van der Waals surface area contributed by atoms with Crippen molar-refractivity contribution in [2.45, 2.75) is 13.3 Å². The van der Waals surface area contributed by atoms with Gasteiger partial charge in [-0.3, -0.25) is 4.68 Å². The van der Waals surface area contributed by atoms with E-state index in [1.807, 2.05) is 28.7 Å². The molecule has 33 heavy (non-hydrogen) atoms. The lowest BCUT2D eigenvalue weighted by atomic mass is 10.0. The van der Waals surface area contributed by atoms with Crippen LogP contribution in [-0.4, -0.2) is 50.7 Å². The largest absolute Gasteiger partial charge is 0.355 e. The molecule has 0 bridgehead atoms. The number of nitrogens with zero attached hydrogens (tertiary/aromatic N) is 6. The number of hydrogen-bond donors (Lipinski definition) is 1. The van der Waals surface area contributed by atoms with Crippen LogP contribution < -0.4 is 10.2 Å². The van der Waals surface area contributed by atoms with E-state index in [-0.39, 0.29) is 0 Å². The molecular formula is C26H27N7. The first-order chi connectivity index (χ1) is 16.2. The lowest BCUT2D eigenvalue weighted by Crippen LogP contribution is -2.28. The molecule has 7 heteroatoms. The fourth-order valence-corrected chi connectivity index (χ4v) is 4.85. The maximum absolute atomic E-state index is 5.12. The second-order valence-corrected chi connectivity index (χ2v) is 8.74. The van der Waals surface area contributed by atoms with E-state index in [1.54, 1.807) is 0 Å². The van der Waals surface area contributed by atoms with Crippen molar-refractivity contribution in [1.82, 2.24) is 29.9 Å². The van der Waals surface area contributed by atoms with Crippen LogP contribution in [0.1, 0.15) is 12.0 Å². The molecule has 0 spiro atoms. The van der Waals surface area contributed by atoms with Gasteiger partial charge in [-0.15, -0.1) is 0 Å². The molecule has 6 rings (SSSR count). The molecule has 0 amide bonds. The molecule has 1 saturated heterocycles. The van der Waals surface area contributed by atoms with E-state index in [0.29, 0.717) is 0 Å². The molecule has 3 aromatic heterocycles. The van der Waals surface area contributed by atoms with Crippen LogP contribution in [0.4, 0.5) is 5.82 Å². The monoisotopic (exact) mass is 437 g/mol. The third kappa shape index (κ3) is 3.45. The molecule has 1 N–H and O–H groups in total. The number of benzene rings is 2. The Bertz CT molecular complexity index is 1440. The molecule has 1 aliphatic rings. The highest BCUT2D eigenvalue weighted by Crippen LogP contribution is 2.35. The molecule has 0 radical (unpaired) electrons. The number of aromatic nitrogens is 5. The average Bonchev–Trinajstić information content (AvgIpc) is 3.29. The number of pyridine rings is 1. The fourth-order valence-electron chi connectivity index (χ4n) is 4.85. The zero-order valence-corrected chi connectivity index (χ0v) is 19.0. The molecule has 0 saturated carbocycles. The molecule has 0 atom stereocenters. The number of rotatable bonds is 3. The lowest BCUT2D eigenvalue weighted by Gasteiger charge is -2.21. The van der Waals surface area contributed by atoms with Gasteiger partial charge in [0, 0.05) is 49.2 Å². The van der Waals surface area contributed by atoms with E-state index >= 15 is 0 Å². The number of para-hydroxylation sites is 1. The molecule has 0 aliphatic carbocycles. The summed E-state index contributed by atoms with van der Waals surface area (Å²) in [5.41, 5.74) is 6.31. The molecule has 5 aromatic rings. The number of hydrogen-bond acceptors (Lipinski definition) is 5. The van der Waals surface area contributed by atoms with E-state index in [2.05, 4.69) is 70.9 Å². The van der Waals surface area contributed by atoms with Crippen molar-refractivity contribution in [1.29, 1.82) is 0 Å². The van der Waals surface area contributed by atoms with Gasteiger partial charge in [-0.2, -0.15) is 10.2 Å². The van der Waals surface area contributed by atoms with Gasteiger partial charge in [-0.1, -0.05) is 30.3 Å². The number of anilines is 1. The number of aryl methyl sites for hydroxylation is 2. The Morgan fingerprint density at radius 1 is 0.909 bits per heavy atom. The summed E-state index contributed by atoms with van der Waals surface area (Å²) in [6, 6.07) is 16.9. The topological polar surface area (TPSA) is 63.8 Å². The van der Waals surface area contributed by atoms with Crippen LogP contribution in [0, 0.1) is 6.92 Å². The van der Waals surface area contributed by atoms with Gasteiger partial charge >= 0.3 is 0 Å². The SMILES string of the molecule is Cc1cccc2c(-c3cccc4nn(C)cc34)nn(-c3ccc(N4CCCNCC4)nc3)c12. The van der Waals surface area contributed by atoms with Gasteiger partial charge in [0.25, 0.3) is 0 Å². The molecule has 1 aliphatic heterocycles. The Balaban J connectivity index is 1.48. The zero-order valence-electron chi connectivity index (χ0n) is 19.0. The smallest absolute Gasteiger partial charge is 0.128 e. The highest BCUT2D eigenvalue weighted by molar-refractivity contribution is 6.03. The summed E-state index contributed by atoms with van der Waals surface area (Å²) in [7, 11) is 1.96. The maximum Gasteiger partial charge on any atom is 0.128 e. The first-order valence-electron chi connectivity index (χ1n) is 11.5. The van der Waals surface area contributed by atoms with E-state index in [0.717, 1.165) is 77.2 Å². The van der Waals surface area contributed by atoms with Crippen molar-refractivity contribution in [2.24, 2.45) is 7.05 Å². The van der Waals surface area contributed by atoms with Gasteiger partial charge in [0.2, 0.25) is 0 Å². The minimum Gasteiger partial charge on any atom is -0.355 e. The van der Waals surface area contributed by atoms with Gasteiger partial charge < -0.3 is 10.2 Å². The van der Waals surface area contributed by atoms with Crippen molar-refractivity contribution < 1.29 is 0 Å². The number of fused-ring (bicyclic) bond motifs is 2. The minimum absolute atomic E-state index is 0.968. The second-order valence-electron chi connectivity index (χ2n) is 8.74. The third-order valence-electron chi connectivity index (χ3n) is 6.47. The van der Waals surface area contributed by atoms with Gasteiger partial charge in [0.15, 0.2) is 0 Å². The highest BCUT2D eigenvalue weighted by atomic mass is 15.3. The van der Waals surface area contributed by atoms with Crippen LogP contribution in [-0.2, 0) is 7.05 Å². The van der Waals surface area contributed by atoms with Crippen molar-refractivity contribution in [3.63, 3.8) is 0 Å². The van der Waals surface area contributed by atoms with Crippen LogP contribution >= 0.6 is 0 Å². The zero-order chi connectivity index (χ0) is 22.4. The number of nitrogens with one attached hydrogen (secondary N) is 1. The van der Waals surface area contributed by atoms with Crippen molar-refractivity contribution >= 4 is 27.6 Å². The second kappa shape index (κ2) is 8.01. The summed E-state index contributed by atoms with van der Waals surface area (Å²) in [4.78, 5) is 7.17. The van der Waals surface area contributed by atoms with E-state index < -0.39 is 0 Å². The Labute approximate surface area is 192 Å². The Hall–Kier alpha value is -3.71. The van der Waals surface area contributed by atoms with Crippen molar-refractivity contribution in [2.75, 3.05) is 31.1 Å². The van der Waals surface area contributed by atoms with Crippen LogP contribution in [0.25, 0.3) is 38.8 Å². The summed E-state index contributed by atoms with van der Waals surface area (Å²) < 4.78 is 3.90. The lowest BCUT2D eigenvalue weighted by molar-refractivity contribution is 0.724. The summed E-state index contributed by atoms with van der Waals surface area (Å²) in [5, 5.41) is 15.4. The first-order valence-corrected chi connectivity index (χ1v) is 11.5. The summed E-state index contributed by atoms with van der Waals surface area (Å²) in [6.07, 6.45) is 5.15. The molecular weight excluding hydrogens is 410 g/mol. The maximum atomic E-state index is 5.12. The Kier molecular flexibility index (Phi) is 4.84. The summed E-state index contributed by atoms with van der Waals surface area (Å²) in [5.74, 6) is 1.02. The quantitative estimate of drug-likeness (QED) is 0.461. The van der Waals surface area contributed by atoms with Crippen LogP contribution in [0.15, 0.2) is 60.9 Å². The van der Waals surface area contributed by atoms with Crippen molar-refractivity contribution in [3.8, 4) is 16.9 Å². The summed E-state index contributed by atoms with van der Waals surface area (Å²) in [6.45, 7) is 6.22. The molecule has 4 heterocycles. The molecule has 1 fully saturated rings. The Morgan fingerprint density at radius 3 is 2.70 bits per heavy atom. The molecule has 7 nitrogen and oxygen atoms in total. The standard InChI is InChI=1S/C26H27N7/c1-18-6-3-8-21-25(20-7-4-9-23-22(20)17-31(2)29-23)30-33(26(18)21)19-10-11-24(28-16-19)32-14-5-12-27-13-15-32/h3-4,6-11,16-17,27H,5,12-15H2,1-2H3. The predicted octanol–water partition coefficient (Wildman–Crippen LogP) is 4.08. The summed E-state index contributed by atoms with van der Waals surface area (Å²) >= 11 is 0. The Morgan fingerprint density at radius 2 is 1.82 bits per heavy atom. The first kappa shape index (κ1) is 19.9. The van der Waals surface area contributed by atoms with E-state index in [9.17, 15) is 0 Å². The van der Waals surface area contributed by atoms with Gasteiger partial charge in [0.05, 0.1) is 22.9 Å². The van der Waals surface area contributed by atoms with E-state index in [4.69, 9.17) is 10.1 Å². The van der Waals surface area contributed by atoms with Gasteiger partial charge in [-0.25, -0.2) is 9.67 Å². The molecule has 0 unspecified atom stereocenters. The van der Waals surface area contributed by atoms with Gasteiger partial charge in [-0.05, 0) is 43.7 Å².